The zero-order valence-corrected chi connectivity index (χ0v) is 10.5. The molecule has 1 N–H and O–H groups in total. The number of hydrogen-bond donors (Lipinski definition) is 1. The van der Waals surface area contributed by atoms with Crippen LogP contribution in [0.25, 0.3) is 0 Å². The minimum absolute atomic E-state index is 0.289. The molecule has 1 aromatic rings. The Morgan fingerprint density at radius 2 is 2.12 bits per heavy atom. The van der Waals surface area contributed by atoms with Crippen LogP contribution >= 0.6 is 0 Å². The van der Waals surface area contributed by atoms with Crippen molar-refractivity contribution in [3.05, 3.63) is 29.8 Å². The number of anilines is 1. The Hall–Kier alpha value is -1.53. The first-order valence-corrected chi connectivity index (χ1v) is 6.14. The summed E-state index contributed by atoms with van der Waals surface area (Å²) in [6.45, 7) is 6.18. The Bertz CT molecular complexity index is 404. The maximum atomic E-state index is 8.77. The Morgan fingerprint density at radius 1 is 1.41 bits per heavy atom. The highest BCUT2D eigenvalue weighted by molar-refractivity contribution is 5.49. The summed E-state index contributed by atoms with van der Waals surface area (Å²) in [5.74, 6) is 0. The van der Waals surface area contributed by atoms with Crippen molar-refractivity contribution in [2.45, 2.75) is 32.4 Å². The average molecular weight is 229 g/mol. The van der Waals surface area contributed by atoms with Crippen LogP contribution < -0.4 is 10.2 Å². The second-order valence-corrected chi connectivity index (χ2v) is 4.80. The van der Waals surface area contributed by atoms with E-state index in [2.05, 4.69) is 54.4 Å². The van der Waals surface area contributed by atoms with Crippen LogP contribution in [0.15, 0.2) is 24.3 Å². The molecule has 0 radical (unpaired) electrons. The van der Waals surface area contributed by atoms with Crippen molar-refractivity contribution in [1.29, 1.82) is 5.26 Å². The quantitative estimate of drug-likeness (QED) is 0.844. The van der Waals surface area contributed by atoms with Gasteiger partial charge in [-0.1, -0.05) is 17.7 Å². The second-order valence-electron chi connectivity index (χ2n) is 4.80. The van der Waals surface area contributed by atoms with E-state index in [0.717, 1.165) is 13.1 Å². The third-order valence-corrected chi connectivity index (χ3v) is 3.35. The van der Waals surface area contributed by atoms with E-state index in [1.54, 1.807) is 0 Å². The topological polar surface area (TPSA) is 39.1 Å². The van der Waals surface area contributed by atoms with Gasteiger partial charge in [0.2, 0.25) is 0 Å². The van der Waals surface area contributed by atoms with Gasteiger partial charge in [-0.2, -0.15) is 5.26 Å². The zero-order chi connectivity index (χ0) is 12.3. The molecule has 0 saturated carbocycles. The number of aryl methyl sites for hydroxylation is 1. The first-order valence-electron chi connectivity index (χ1n) is 6.14. The van der Waals surface area contributed by atoms with Crippen LogP contribution in [-0.4, -0.2) is 25.2 Å². The molecule has 1 aromatic carbocycles. The van der Waals surface area contributed by atoms with Crippen molar-refractivity contribution in [3.63, 3.8) is 0 Å². The molecule has 0 bridgehead atoms. The fourth-order valence-corrected chi connectivity index (χ4v) is 2.27. The second kappa shape index (κ2) is 5.20. The summed E-state index contributed by atoms with van der Waals surface area (Å²) in [5.41, 5.74) is 2.54. The smallest absolute Gasteiger partial charge is 0.0638 e. The van der Waals surface area contributed by atoms with Gasteiger partial charge in [0.05, 0.1) is 12.5 Å². The molecule has 1 heterocycles. The monoisotopic (exact) mass is 229 g/mol. The fraction of sp³-hybridized carbons (Fsp3) is 0.500. The Balaban J connectivity index is 2.12. The van der Waals surface area contributed by atoms with E-state index >= 15 is 0 Å². The molecule has 2 rings (SSSR count). The molecule has 0 aromatic heterocycles. The number of rotatable bonds is 2. The summed E-state index contributed by atoms with van der Waals surface area (Å²) in [6, 6.07) is 11.6. The lowest BCUT2D eigenvalue weighted by Crippen LogP contribution is -2.55. The summed E-state index contributed by atoms with van der Waals surface area (Å²) in [7, 11) is 0. The average Bonchev–Trinajstić information content (AvgIpc) is 2.33. The summed E-state index contributed by atoms with van der Waals surface area (Å²) in [6.07, 6.45) is 0.578. The minimum atomic E-state index is 0.289. The number of hydrogen-bond acceptors (Lipinski definition) is 3. The molecule has 1 aliphatic rings. The highest BCUT2D eigenvalue weighted by Crippen LogP contribution is 2.20. The van der Waals surface area contributed by atoms with Crippen LogP contribution in [0.1, 0.15) is 18.9 Å². The van der Waals surface area contributed by atoms with Crippen LogP contribution in [0.2, 0.25) is 0 Å². The molecule has 3 heteroatoms. The molecule has 2 unspecified atom stereocenters. The number of benzene rings is 1. The maximum Gasteiger partial charge on any atom is 0.0638 e. The summed E-state index contributed by atoms with van der Waals surface area (Å²) in [4.78, 5) is 2.39. The SMILES string of the molecule is Cc1ccc(N2CC(CC#N)NCC2C)cc1. The van der Waals surface area contributed by atoms with E-state index in [9.17, 15) is 0 Å². The van der Waals surface area contributed by atoms with Gasteiger partial charge in [0.1, 0.15) is 0 Å². The molecule has 1 fully saturated rings. The summed E-state index contributed by atoms with van der Waals surface area (Å²) in [5, 5.41) is 12.2. The molecule has 1 saturated heterocycles. The van der Waals surface area contributed by atoms with Crippen LogP contribution in [0.4, 0.5) is 5.69 Å². The molecule has 17 heavy (non-hydrogen) atoms. The van der Waals surface area contributed by atoms with Gasteiger partial charge in [-0.15, -0.1) is 0 Å². The van der Waals surface area contributed by atoms with E-state index in [4.69, 9.17) is 5.26 Å². The highest BCUT2D eigenvalue weighted by Gasteiger charge is 2.24. The van der Waals surface area contributed by atoms with Crippen molar-refractivity contribution in [3.8, 4) is 6.07 Å². The molecule has 0 amide bonds. The van der Waals surface area contributed by atoms with Gasteiger partial charge in [0, 0.05) is 30.9 Å². The molecule has 0 aliphatic carbocycles. The lowest BCUT2D eigenvalue weighted by atomic mass is 10.1. The Labute approximate surface area is 103 Å². The third-order valence-electron chi connectivity index (χ3n) is 3.35. The van der Waals surface area contributed by atoms with Crippen molar-refractivity contribution in [1.82, 2.24) is 5.32 Å². The van der Waals surface area contributed by atoms with Crippen LogP contribution in [-0.2, 0) is 0 Å². The van der Waals surface area contributed by atoms with Crippen molar-refractivity contribution in [2.24, 2.45) is 0 Å². The first kappa shape index (κ1) is 11.9. The van der Waals surface area contributed by atoms with Gasteiger partial charge in [0.15, 0.2) is 0 Å². The number of piperazine rings is 1. The maximum absolute atomic E-state index is 8.77. The number of nitrogens with zero attached hydrogens (tertiary/aromatic N) is 2. The largest absolute Gasteiger partial charge is 0.366 e. The first-order chi connectivity index (χ1) is 8.20. The standard InChI is InChI=1S/C14H19N3/c1-11-3-5-14(6-4-11)17-10-13(7-8-15)16-9-12(17)2/h3-6,12-13,16H,7,9-10H2,1-2H3. The summed E-state index contributed by atoms with van der Waals surface area (Å²) < 4.78 is 0. The molecule has 0 spiro atoms. The molecular weight excluding hydrogens is 210 g/mol. The van der Waals surface area contributed by atoms with E-state index in [-0.39, 0.29) is 6.04 Å². The number of nitriles is 1. The molecule has 90 valence electrons. The summed E-state index contributed by atoms with van der Waals surface area (Å²) >= 11 is 0. The van der Waals surface area contributed by atoms with Gasteiger partial charge >= 0.3 is 0 Å². The van der Waals surface area contributed by atoms with Crippen molar-refractivity contribution < 1.29 is 0 Å². The van der Waals surface area contributed by atoms with Gasteiger partial charge in [-0.3, -0.25) is 0 Å². The lowest BCUT2D eigenvalue weighted by Gasteiger charge is -2.39. The third kappa shape index (κ3) is 2.78. The lowest BCUT2D eigenvalue weighted by molar-refractivity contribution is 0.409. The molecule has 2 atom stereocenters. The van der Waals surface area contributed by atoms with E-state index in [1.165, 1.54) is 11.3 Å². The van der Waals surface area contributed by atoms with E-state index in [0.29, 0.717) is 12.5 Å². The highest BCUT2D eigenvalue weighted by atomic mass is 15.2. The molecule has 1 aliphatic heterocycles. The van der Waals surface area contributed by atoms with Crippen molar-refractivity contribution in [2.75, 3.05) is 18.0 Å². The normalized spacial score (nSPS) is 24.4. The van der Waals surface area contributed by atoms with Crippen LogP contribution in [0, 0.1) is 18.3 Å². The van der Waals surface area contributed by atoms with Gasteiger partial charge in [-0.05, 0) is 26.0 Å². The molecule has 3 nitrogen and oxygen atoms in total. The predicted molar refractivity (Wildman–Crippen MR) is 70.0 cm³/mol. The van der Waals surface area contributed by atoms with Crippen molar-refractivity contribution >= 4 is 5.69 Å². The minimum Gasteiger partial charge on any atom is -0.366 e. The van der Waals surface area contributed by atoms with Gasteiger partial charge < -0.3 is 10.2 Å². The van der Waals surface area contributed by atoms with Crippen LogP contribution in [0.5, 0.6) is 0 Å². The van der Waals surface area contributed by atoms with Gasteiger partial charge in [-0.25, -0.2) is 0 Å². The number of nitrogens with one attached hydrogen (secondary N) is 1. The Kier molecular flexibility index (Phi) is 3.65. The van der Waals surface area contributed by atoms with Gasteiger partial charge in [0.25, 0.3) is 0 Å². The predicted octanol–water partition coefficient (Wildman–Crippen LogP) is 2.08. The van der Waals surface area contributed by atoms with E-state index in [1.807, 2.05) is 0 Å². The van der Waals surface area contributed by atoms with Crippen LogP contribution in [0.3, 0.4) is 0 Å². The Morgan fingerprint density at radius 3 is 2.76 bits per heavy atom. The fourth-order valence-electron chi connectivity index (χ4n) is 2.27. The molecular formula is C14H19N3. The zero-order valence-electron chi connectivity index (χ0n) is 10.5. The van der Waals surface area contributed by atoms with E-state index < -0.39 is 0 Å².